The molecule has 8 rings (SSSR count). The van der Waals surface area contributed by atoms with Gasteiger partial charge in [-0.25, -0.2) is 14.3 Å². The molecule has 4 aromatic rings. The van der Waals surface area contributed by atoms with Crippen molar-refractivity contribution in [1.82, 2.24) is 9.99 Å². The number of hydrogen-bond acceptors (Lipinski definition) is 7. The van der Waals surface area contributed by atoms with Gasteiger partial charge in [-0.2, -0.15) is 18.2 Å². The monoisotopic (exact) mass is 812 g/mol. The van der Waals surface area contributed by atoms with Crippen molar-refractivity contribution in [2.24, 2.45) is 23.7 Å². The van der Waals surface area contributed by atoms with Crippen LogP contribution in [0.25, 0.3) is 0 Å². The molecule has 1 aromatic heterocycles. The Labute approximate surface area is 325 Å². The topological polar surface area (TPSA) is 120 Å². The van der Waals surface area contributed by atoms with Gasteiger partial charge in [0, 0.05) is 22.2 Å². The highest BCUT2D eigenvalue weighted by Gasteiger charge is 2.70. The van der Waals surface area contributed by atoms with Gasteiger partial charge in [-0.05, 0) is 84.8 Å². The van der Waals surface area contributed by atoms with Crippen molar-refractivity contribution >= 4 is 69.9 Å². The van der Waals surface area contributed by atoms with E-state index in [-0.39, 0.29) is 24.1 Å². The van der Waals surface area contributed by atoms with E-state index in [0.29, 0.717) is 38.5 Å². The normalized spacial score (nSPS) is 26.2. The highest BCUT2D eigenvalue weighted by molar-refractivity contribution is 6.33. The summed E-state index contributed by atoms with van der Waals surface area (Å²) in [5, 5.41) is 11.0. The number of rotatable bonds is 5. The Morgan fingerprint density at radius 1 is 0.891 bits per heavy atom. The fourth-order valence-corrected chi connectivity index (χ4v) is 9.35. The van der Waals surface area contributed by atoms with E-state index >= 15 is 9.18 Å². The van der Waals surface area contributed by atoms with Crippen LogP contribution < -0.4 is 10.3 Å². The molecule has 3 fully saturated rings. The number of allylic oxidation sites excluding steroid dienone is 2. The summed E-state index contributed by atoms with van der Waals surface area (Å²) in [6.07, 6.45) is -2.58. The Bertz CT molecular complexity index is 2370. The van der Waals surface area contributed by atoms with Gasteiger partial charge in [-0.3, -0.25) is 24.6 Å². The number of halogens is 7. The van der Waals surface area contributed by atoms with Gasteiger partial charge < -0.3 is 5.11 Å². The van der Waals surface area contributed by atoms with Gasteiger partial charge >= 0.3 is 6.18 Å². The number of nitrogens with one attached hydrogen (secondary N) is 1. The van der Waals surface area contributed by atoms with E-state index in [0.717, 1.165) is 22.6 Å². The number of amides is 4. The molecule has 2 N–H and O–H groups in total. The van der Waals surface area contributed by atoms with Gasteiger partial charge in [0.1, 0.15) is 0 Å². The zero-order valence-corrected chi connectivity index (χ0v) is 30.6. The number of aromatic hydroxyl groups is 1. The molecular formula is C39H27Cl3F4N4O5. The molecular weight excluding hydrogens is 787 g/mol. The number of anilines is 2. The van der Waals surface area contributed by atoms with Gasteiger partial charge in [0.2, 0.25) is 11.8 Å². The molecule has 3 aromatic carbocycles. The van der Waals surface area contributed by atoms with Gasteiger partial charge in [-0.1, -0.05) is 70.7 Å². The Morgan fingerprint density at radius 3 is 2.27 bits per heavy atom. The third-order valence-electron chi connectivity index (χ3n) is 11.3. The second kappa shape index (κ2) is 13.1. The summed E-state index contributed by atoms with van der Waals surface area (Å²) in [4.78, 5) is 63.3. The van der Waals surface area contributed by atoms with Crippen LogP contribution in [-0.4, -0.2) is 38.7 Å². The SMILES string of the molecule is Cc1ccc(N2C(=O)[C@H]3[C@H](CC=C4[C@H]3C[C@H]3C(=O)N(Nc5ncc(C(F)(F)F)cc5Cl)C(=O)[C@@]3(c3ccc(Cl)cc3)[C@H]4c3ccc(O)c(F)c3)C2=O)cc1Cl. The van der Waals surface area contributed by atoms with Crippen molar-refractivity contribution in [2.45, 2.75) is 37.3 Å². The molecule has 0 bridgehead atoms. The van der Waals surface area contributed by atoms with Crippen molar-refractivity contribution in [3.05, 3.63) is 128 Å². The maximum atomic E-state index is 15.3. The van der Waals surface area contributed by atoms with Crippen LogP contribution >= 0.6 is 34.8 Å². The average molecular weight is 814 g/mol. The molecule has 55 heavy (non-hydrogen) atoms. The van der Waals surface area contributed by atoms with E-state index in [4.69, 9.17) is 34.8 Å². The molecule has 282 valence electrons. The lowest BCUT2D eigenvalue weighted by molar-refractivity contribution is -0.139. The predicted molar refractivity (Wildman–Crippen MR) is 194 cm³/mol. The van der Waals surface area contributed by atoms with Crippen molar-refractivity contribution in [2.75, 3.05) is 10.3 Å². The largest absolute Gasteiger partial charge is 0.505 e. The van der Waals surface area contributed by atoms with Crippen LogP contribution in [0.1, 0.15) is 41.0 Å². The minimum absolute atomic E-state index is 0.0742. The summed E-state index contributed by atoms with van der Waals surface area (Å²) in [6, 6.07) is 15.1. The molecule has 4 aliphatic rings. The summed E-state index contributed by atoms with van der Waals surface area (Å²) in [5.74, 6) is -9.92. The Kier molecular flexibility index (Phi) is 8.78. The maximum Gasteiger partial charge on any atom is 0.417 e. The lowest BCUT2D eigenvalue weighted by Gasteiger charge is -2.50. The van der Waals surface area contributed by atoms with Gasteiger partial charge in [-0.15, -0.1) is 0 Å². The predicted octanol–water partition coefficient (Wildman–Crippen LogP) is 8.40. The second-order valence-corrected chi connectivity index (χ2v) is 15.3. The number of aryl methyl sites for hydroxylation is 1. The number of phenols is 1. The van der Waals surface area contributed by atoms with Crippen molar-refractivity contribution in [3.63, 3.8) is 0 Å². The van der Waals surface area contributed by atoms with Crippen LogP contribution in [0, 0.1) is 36.4 Å². The number of phenolic OH excluding ortho intramolecular Hbond substituents is 1. The summed E-state index contributed by atoms with van der Waals surface area (Å²) in [5.41, 5.74) is 1.48. The summed E-state index contributed by atoms with van der Waals surface area (Å²) in [6.45, 7) is 1.77. The zero-order valence-electron chi connectivity index (χ0n) is 28.4. The van der Waals surface area contributed by atoms with E-state index in [1.54, 1.807) is 37.3 Å². The van der Waals surface area contributed by atoms with Gasteiger partial charge in [0.05, 0.1) is 39.4 Å². The van der Waals surface area contributed by atoms with Crippen LogP contribution in [-0.2, 0) is 30.8 Å². The highest BCUT2D eigenvalue weighted by Crippen LogP contribution is 2.64. The first kappa shape index (κ1) is 37.0. The first-order chi connectivity index (χ1) is 26.0. The van der Waals surface area contributed by atoms with Crippen molar-refractivity contribution < 1.29 is 41.8 Å². The van der Waals surface area contributed by atoms with E-state index < -0.39 is 92.8 Å². The first-order valence-electron chi connectivity index (χ1n) is 17.0. The number of hydrogen-bond donors (Lipinski definition) is 2. The van der Waals surface area contributed by atoms with Crippen molar-refractivity contribution in [3.8, 4) is 5.75 Å². The van der Waals surface area contributed by atoms with Crippen LogP contribution in [0.2, 0.25) is 15.1 Å². The number of imide groups is 2. The van der Waals surface area contributed by atoms with E-state index in [2.05, 4.69) is 10.4 Å². The number of carbonyl (C=O) groups is 4. The first-order valence-corrected chi connectivity index (χ1v) is 18.1. The lowest BCUT2D eigenvalue weighted by atomic mass is 9.49. The van der Waals surface area contributed by atoms with Crippen LogP contribution in [0.5, 0.6) is 5.75 Å². The fraction of sp³-hybridized carbons (Fsp3) is 0.256. The minimum atomic E-state index is -4.78. The third-order valence-corrected chi connectivity index (χ3v) is 12.2. The summed E-state index contributed by atoms with van der Waals surface area (Å²) < 4.78 is 55.7. The highest BCUT2D eigenvalue weighted by atomic mass is 35.5. The summed E-state index contributed by atoms with van der Waals surface area (Å²) >= 11 is 18.9. The fourth-order valence-electron chi connectivity index (χ4n) is 8.84. The number of benzene rings is 3. The van der Waals surface area contributed by atoms with E-state index in [1.807, 2.05) is 0 Å². The Balaban J connectivity index is 1.31. The standard InChI is InChI=1S/C39H27Cl3F4N4O5/c1-17-2-8-22(14-27(17)41)49-34(52)24-10-9-23-25(31(24)36(49)54)15-26-35(53)50(48-33-28(42)13-20(16-47-33)39(44,45)46)37(55)38(26,19-4-6-21(40)7-5-19)32(23)18-3-11-30(51)29(43)12-18/h2-9,11-14,16,24-26,31-32,51H,10,15H2,1H3,(H,47,48)/t24-,25+,26-,31-,32-,38+/m0/s1. The zero-order chi connectivity index (χ0) is 39.3. The molecule has 2 aliphatic heterocycles. The average Bonchev–Trinajstić information content (AvgIpc) is 3.52. The van der Waals surface area contributed by atoms with E-state index in [9.17, 15) is 32.7 Å². The van der Waals surface area contributed by atoms with Crippen molar-refractivity contribution in [1.29, 1.82) is 0 Å². The molecule has 4 amide bonds. The molecule has 6 atom stereocenters. The second-order valence-electron chi connectivity index (χ2n) is 14.1. The van der Waals surface area contributed by atoms with Gasteiger partial charge in [0.15, 0.2) is 17.4 Å². The molecule has 2 saturated heterocycles. The number of alkyl halides is 3. The molecule has 0 spiro atoms. The number of hydrazine groups is 1. The van der Waals surface area contributed by atoms with Gasteiger partial charge in [0.25, 0.3) is 11.8 Å². The number of fused-ring (bicyclic) bond motifs is 4. The molecule has 0 unspecified atom stereocenters. The van der Waals surface area contributed by atoms with Crippen LogP contribution in [0.3, 0.4) is 0 Å². The third kappa shape index (κ3) is 5.61. The Morgan fingerprint density at radius 2 is 1.62 bits per heavy atom. The number of nitrogens with zero attached hydrogens (tertiary/aromatic N) is 3. The summed E-state index contributed by atoms with van der Waals surface area (Å²) in [7, 11) is 0. The molecule has 16 heteroatoms. The van der Waals surface area contributed by atoms with E-state index in [1.165, 1.54) is 24.3 Å². The number of pyridine rings is 1. The van der Waals surface area contributed by atoms with Crippen LogP contribution in [0.15, 0.2) is 84.6 Å². The molecule has 2 aliphatic carbocycles. The smallest absolute Gasteiger partial charge is 0.417 e. The van der Waals surface area contributed by atoms with Crippen LogP contribution in [0.4, 0.5) is 29.1 Å². The molecule has 3 heterocycles. The number of aromatic nitrogens is 1. The molecule has 9 nitrogen and oxygen atoms in total. The lowest BCUT2D eigenvalue weighted by Crippen LogP contribution is -2.53. The Hall–Kier alpha value is -4.98. The molecule has 0 radical (unpaired) electrons. The minimum Gasteiger partial charge on any atom is -0.505 e. The number of carbonyl (C=O) groups excluding carboxylic acids is 4. The quantitative estimate of drug-likeness (QED) is 0.118. The maximum absolute atomic E-state index is 15.3. The molecule has 1 saturated carbocycles.